The summed E-state index contributed by atoms with van der Waals surface area (Å²) in [7, 11) is 0. The molecule has 0 radical (unpaired) electrons. The third kappa shape index (κ3) is 2.03. The predicted molar refractivity (Wildman–Crippen MR) is 60.0 cm³/mol. The standard InChI is InChI=1S/C11H13N5O/c1-7-5-13-9(14-6-7)10-15-11(17-16-10)8-3-2-4-12-8/h5-6,8,12H,2-4H2,1H3. The minimum absolute atomic E-state index is 0.182. The lowest BCUT2D eigenvalue weighted by Gasteiger charge is -2.01. The lowest BCUT2D eigenvalue weighted by molar-refractivity contribution is 0.344. The maximum Gasteiger partial charge on any atom is 0.244 e. The molecule has 0 spiro atoms. The van der Waals surface area contributed by atoms with Crippen LogP contribution in [0.2, 0.25) is 0 Å². The summed E-state index contributed by atoms with van der Waals surface area (Å²) in [6.07, 6.45) is 5.66. The van der Waals surface area contributed by atoms with Crippen LogP contribution in [0.15, 0.2) is 16.9 Å². The van der Waals surface area contributed by atoms with Crippen LogP contribution in [0.5, 0.6) is 0 Å². The highest BCUT2D eigenvalue weighted by Crippen LogP contribution is 2.22. The molecule has 1 aliphatic heterocycles. The van der Waals surface area contributed by atoms with Crippen LogP contribution in [0.1, 0.15) is 30.3 Å². The fourth-order valence-electron chi connectivity index (χ4n) is 1.87. The molecule has 2 aromatic rings. The van der Waals surface area contributed by atoms with Gasteiger partial charge in [-0.2, -0.15) is 4.98 Å². The number of hydrogen-bond acceptors (Lipinski definition) is 6. The molecule has 1 unspecified atom stereocenters. The average Bonchev–Trinajstić information content (AvgIpc) is 3.00. The first kappa shape index (κ1) is 10.3. The first-order chi connectivity index (χ1) is 8.33. The van der Waals surface area contributed by atoms with E-state index in [1.54, 1.807) is 12.4 Å². The van der Waals surface area contributed by atoms with E-state index >= 15 is 0 Å². The van der Waals surface area contributed by atoms with Crippen molar-refractivity contribution in [2.75, 3.05) is 6.54 Å². The summed E-state index contributed by atoms with van der Waals surface area (Å²) in [6.45, 7) is 2.94. The first-order valence-electron chi connectivity index (χ1n) is 5.69. The van der Waals surface area contributed by atoms with Crippen LogP contribution in [0.3, 0.4) is 0 Å². The van der Waals surface area contributed by atoms with Crippen LogP contribution in [-0.4, -0.2) is 26.7 Å². The van der Waals surface area contributed by atoms with E-state index < -0.39 is 0 Å². The zero-order valence-electron chi connectivity index (χ0n) is 9.55. The fraction of sp³-hybridized carbons (Fsp3) is 0.455. The zero-order valence-corrected chi connectivity index (χ0v) is 9.55. The summed E-state index contributed by atoms with van der Waals surface area (Å²) in [5, 5.41) is 7.22. The van der Waals surface area contributed by atoms with E-state index in [4.69, 9.17) is 4.52 Å². The van der Waals surface area contributed by atoms with Crippen molar-refractivity contribution in [1.29, 1.82) is 0 Å². The maximum absolute atomic E-state index is 5.23. The molecule has 6 heteroatoms. The van der Waals surface area contributed by atoms with E-state index in [2.05, 4.69) is 25.4 Å². The van der Waals surface area contributed by atoms with E-state index in [-0.39, 0.29) is 6.04 Å². The van der Waals surface area contributed by atoms with Crippen molar-refractivity contribution in [2.45, 2.75) is 25.8 Å². The van der Waals surface area contributed by atoms with Gasteiger partial charge < -0.3 is 9.84 Å². The summed E-state index contributed by atoms with van der Waals surface area (Å²) < 4.78 is 5.23. The Morgan fingerprint density at radius 1 is 1.29 bits per heavy atom. The molecule has 3 heterocycles. The van der Waals surface area contributed by atoms with Gasteiger partial charge in [0.2, 0.25) is 17.5 Å². The van der Waals surface area contributed by atoms with Crippen LogP contribution in [-0.2, 0) is 0 Å². The Kier molecular flexibility index (Phi) is 2.56. The lowest BCUT2D eigenvalue weighted by Crippen LogP contribution is -2.13. The van der Waals surface area contributed by atoms with Crippen LogP contribution in [0.4, 0.5) is 0 Å². The third-order valence-electron chi connectivity index (χ3n) is 2.78. The Hall–Kier alpha value is -1.82. The minimum Gasteiger partial charge on any atom is -0.337 e. The normalized spacial score (nSPS) is 19.7. The summed E-state index contributed by atoms with van der Waals surface area (Å²) >= 11 is 0. The van der Waals surface area contributed by atoms with Gasteiger partial charge in [-0.15, -0.1) is 0 Å². The van der Waals surface area contributed by atoms with Gasteiger partial charge in [0, 0.05) is 12.4 Å². The number of aromatic nitrogens is 4. The second kappa shape index (κ2) is 4.21. The van der Waals surface area contributed by atoms with E-state index in [9.17, 15) is 0 Å². The Bertz CT molecular complexity index is 501. The van der Waals surface area contributed by atoms with Crippen molar-refractivity contribution in [3.63, 3.8) is 0 Å². The number of rotatable bonds is 2. The summed E-state index contributed by atoms with van der Waals surface area (Å²) in [5.41, 5.74) is 1.01. The van der Waals surface area contributed by atoms with Gasteiger partial charge in [0.1, 0.15) is 0 Å². The first-order valence-corrected chi connectivity index (χ1v) is 5.69. The van der Waals surface area contributed by atoms with Crippen molar-refractivity contribution in [1.82, 2.24) is 25.4 Å². The topological polar surface area (TPSA) is 76.7 Å². The van der Waals surface area contributed by atoms with Crippen LogP contribution in [0, 0.1) is 6.92 Å². The number of hydrogen-bond donors (Lipinski definition) is 1. The summed E-state index contributed by atoms with van der Waals surface area (Å²) in [5.74, 6) is 1.58. The molecule has 1 saturated heterocycles. The number of aryl methyl sites for hydroxylation is 1. The van der Waals surface area contributed by atoms with E-state index in [0.29, 0.717) is 17.5 Å². The van der Waals surface area contributed by atoms with E-state index in [1.165, 1.54) is 0 Å². The summed E-state index contributed by atoms with van der Waals surface area (Å²) in [6, 6.07) is 0.182. The van der Waals surface area contributed by atoms with Gasteiger partial charge in [-0.05, 0) is 31.9 Å². The molecule has 0 aliphatic carbocycles. The lowest BCUT2D eigenvalue weighted by atomic mass is 10.2. The molecule has 0 bridgehead atoms. The Morgan fingerprint density at radius 2 is 2.12 bits per heavy atom. The molecule has 1 aliphatic rings. The molecule has 3 rings (SSSR count). The van der Waals surface area contributed by atoms with Crippen molar-refractivity contribution >= 4 is 0 Å². The largest absolute Gasteiger partial charge is 0.337 e. The van der Waals surface area contributed by atoms with E-state index in [1.807, 2.05) is 6.92 Å². The van der Waals surface area contributed by atoms with Crippen molar-refractivity contribution < 1.29 is 4.52 Å². The fourth-order valence-corrected chi connectivity index (χ4v) is 1.87. The van der Waals surface area contributed by atoms with Gasteiger partial charge in [0.05, 0.1) is 6.04 Å². The van der Waals surface area contributed by atoms with Gasteiger partial charge >= 0.3 is 0 Å². The SMILES string of the molecule is Cc1cnc(-c2noc(C3CCCN3)n2)nc1. The highest BCUT2D eigenvalue weighted by molar-refractivity contribution is 5.41. The molecule has 17 heavy (non-hydrogen) atoms. The molecule has 1 atom stereocenters. The predicted octanol–water partition coefficient (Wildman–Crippen LogP) is 1.26. The Labute approximate surface area is 98.5 Å². The minimum atomic E-state index is 0.182. The van der Waals surface area contributed by atoms with Crippen molar-refractivity contribution in [3.8, 4) is 11.6 Å². The van der Waals surface area contributed by atoms with Gasteiger partial charge in [0.15, 0.2) is 0 Å². The molecule has 88 valence electrons. The smallest absolute Gasteiger partial charge is 0.244 e. The number of nitrogens with one attached hydrogen (secondary N) is 1. The Morgan fingerprint density at radius 3 is 2.82 bits per heavy atom. The van der Waals surface area contributed by atoms with Crippen molar-refractivity contribution in [2.24, 2.45) is 0 Å². The molecule has 2 aromatic heterocycles. The second-order valence-corrected chi connectivity index (χ2v) is 4.19. The van der Waals surface area contributed by atoms with Gasteiger partial charge in [-0.3, -0.25) is 0 Å². The van der Waals surface area contributed by atoms with Gasteiger partial charge in [-0.25, -0.2) is 9.97 Å². The second-order valence-electron chi connectivity index (χ2n) is 4.19. The van der Waals surface area contributed by atoms with Crippen LogP contribution < -0.4 is 5.32 Å². The van der Waals surface area contributed by atoms with Crippen LogP contribution >= 0.6 is 0 Å². The van der Waals surface area contributed by atoms with Gasteiger partial charge in [-0.1, -0.05) is 5.16 Å². The number of nitrogens with zero attached hydrogens (tertiary/aromatic N) is 4. The quantitative estimate of drug-likeness (QED) is 0.838. The Balaban J connectivity index is 1.86. The summed E-state index contributed by atoms with van der Waals surface area (Å²) in [4.78, 5) is 12.7. The van der Waals surface area contributed by atoms with Crippen molar-refractivity contribution in [3.05, 3.63) is 23.8 Å². The molecule has 0 aromatic carbocycles. The molecule has 1 N–H and O–H groups in total. The molecule has 6 nitrogen and oxygen atoms in total. The maximum atomic E-state index is 5.23. The molecule has 1 fully saturated rings. The third-order valence-corrected chi connectivity index (χ3v) is 2.78. The van der Waals surface area contributed by atoms with Gasteiger partial charge in [0.25, 0.3) is 0 Å². The molecule has 0 saturated carbocycles. The molecular weight excluding hydrogens is 218 g/mol. The van der Waals surface area contributed by atoms with E-state index in [0.717, 1.165) is 24.9 Å². The molecule has 0 amide bonds. The molecular formula is C11H13N5O. The highest BCUT2D eigenvalue weighted by atomic mass is 16.5. The highest BCUT2D eigenvalue weighted by Gasteiger charge is 2.23. The van der Waals surface area contributed by atoms with Crippen LogP contribution in [0.25, 0.3) is 11.6 Å². The monoisotopic (exact) mass is 231 g/mol. The average molecular weight is 231 g/mol. The zero-order chi connectivity index (χ0) is 11.7.